The lowest BCUT2D eigenvalue weighted by Crippen LogP contribution is -2.35. The number of halogens is 2. The van der Waals surface area contributed by atoms with Crippen LogP contribution in [0.3, 0.4) is 0 Å². The molecule has 5 heteroatoms. The van der Waals surface area contributed by atoms with Crippen LogP contribution in [-0.4, -0.2) is 30.5 Å². The Kier molecular flexibility index (Phi) is 6.19. The zero-order valence-corrected chi connectivity index (χ0v) is 12.6. The van der Waals surface area contributed by atoms with E-state index in [0.29, 0.717) is 28.9 Å². The number of rotatable bonds is 6. The van der Waals surface area contributed by atoms with Crippen molar-refractivity contribution in [1.82, 2.24) is 4.90 Å². The second-order valence-corrected chi connectivity index (χ2v) is 5.13. The molecule has 0 saturated carbocycles. The van der Waals surface area contributed by atoms with Gasteiger partial charge in [0, 0.05) is 23.1 Å². The van der Waals surface area contributed by atoms with E-state index in [1.807, 2.05) is 13.8 Å². The third-order valence-electron chi connectivity index (χ3n) is 2.39. The molecule has 1 aromatic rings. The molecule has 0 heterocycles. The van der Waals surface area contributed by atoms with E-state index in [4.69, 9.17) is 27.9 Å². The minimum atomic E-state index is -0.0957. The van der Waals surface area contributed by atoms with Crippen LogP contribution in [0, 0.1) is 0 Å². The summed E-state index contributed by atoms with van der Waals surface area (Å²) in [6.07, 6.45) is 0. The van der Waals surface area contributed by atoms with Crippen molar-refractivity contribution in [2.45, 2.75) is 13.8 Å². The third-order valence-corrected chi connectivity index (χ3v) is 2.83. The summed E-state index contributed by atoms with van der Waals surface area (Å²) in [5.74, 6) is 0.388. The van der Waals surface area contributed by atoms with Gasteiger partial charge in [-0.2, -0.15) is 0 Å². The fourth-order valence-corrected chi connectivity index (χ4v) is 2.06. The van der Waals surface area contributed by atoms with Crippen LogP contribution in [0.4, 0.5) is 0 Å². The molecule has 0 aromatic heterocycles. The van der Waals surface area contributed by atoms with Crippen LogP contribution < -0.4 is 4.74 Å². The number of likely N-dealkylation sites (N-methyl/N-ethyl adjacent to an activating group) is 1. The van der Waals surface area contributed by atoms with E-state index in [0.717, 1.165) is 5.57 Å². The number of carbonyl (C=O) groups is 1. The highest BCUT2D eigenvalue weighted by atomic mass is 35.5. The van der Waals surface area contributed by atoms with Gasteiger partial charge in [0.1, 0.15) is 5.75 Å². The van der Waals surface area contributed by atoms with Gasteiger partial charge in [0.05, 0.1) is 0 Å². The lowest BCUT2D eigenvalue weighted by molar-refractivity contribution is -0.132. The van der Waals surface area contributed by atoms with Gasteiger partial charge in [0.15, 0.2) is 6.61 Å². The van der Waals surface area contributed by atoms with Crippen LogP contribution in [0.5, 0.6) is 5.75 Å². The summed E-state index contributed by atoms with van der Waals surface area (Å²) in [5, 5.41) is 0.952. The van der Waals surface area contributed by atoms with E-state index in [1.165, 1.54) is 0 Å². The van der Waals surface area contributed by atoms with Gasteiger partial charge < -0.3 is 9.64 Å². The highest BCUT2D eigenvalue weighted by Crippen LogP contribution is 2.24. The molecule has 0 saturated heterocycles. The number of ether oxygens (including phenoxy) is 1. The Morgan fingerprint density at radius 3 is 2.37 bits per heavy atom. The molecule has 0 aliphatic rings. The quantitative estimate of drug-likeness (QED) is 0.748. The summed E-state index contributed by atoms with van der Waals surface area (Å²) >= 11 is 11.7. The molecule has 0 aliphatic carbocycles. The number of hydrogen-bond donors (Lipinski definition) is 0. The van der Waals surface area contributed by atoms with Crippen molar-refractivity contribution >= 4 is 29.1 Å². The van der Waals surface area contributed by atoms with E-state index in [2.05, 4.69) is 6.58 Å². The minimum absolute atomic E-state index is 0.0439. The van der Waals surface area contributed by atoms with Crippen LogP contribution in [0.2, 0.25) is 10.0 Å². The van der Waals surface area contributed by atoms with E-state index in [-0.39, 0.29) is 12.5 Å². The molecular formula is C14H17Cl2NO2. The molecule has 0 spiro atoms. The zero-order chi connectivity index (χ0) is 14.4. The van der Waals surface area contributed by atoms with Crippen molar-refractivity contribution in [3.8, 4) is 5.75 Å². The Balaban J connectivity index is 2.59. The van der Waals surface area contributed by atoms with Gasteiger partial charge in [-0.25, -0.2) is 0 Å². The first kappa shape index (κ1) is 15.9. The van der Waals surface area contributed by atoms with Crippen LogP contribution >= 0.6 is 23.2 Å². The zero-order valence-electron chi connectivity index (χ0n) is 11.1. The predicted molar refractivity (Wildman–Crippen MR) is 79.0 cm³/mol. The molecule has 104 valence electrons. The third kappa shape index (κ3) is 5.53. The first-order chi connectivity index (χ1) is 8.92. The van der Waals surface area contributed by atoms with Crippen molar-refractivity contribution < 1.29 is 9.53 Å². The average Bonchev–Trinajstić information content (AvgIpc) is 2.31. The Bertz CT molecular complexity index is 454. The molecule has 0 atom stereocenters. The van der Waals surface area contributed by atoms with Crippen LogP contribution in [-0.2, 0) is 4.79 Å². The van der Waals surface area contributed by atoms with Gasteiger partial charge in [-0.3, -0.25) is 4.79 Å². The summed E-state index contributed by atoms with van der Waals surface area (Å²) in [5.41, 5.74) is 0.931. The molecule has 3 nitrogen and oxygen atoms in total. The minimum Gasteiger partial charge on any atom is -0.484 e. The first-order valence-corrected chi connectivity index (χ1v) is 6.69. The molecule has 0 unspecified atom stereocenters. The fourth-order valence-electron chi connectivity index (χ4n) is 1.55. The highest BCUT2D eigenvalue weighted by molar-refractivity contribution is 6.34. The SMILES string of the molecule is C=C(C)CN(CC)C(=O)COc1cc(Cl)cc(Cl)c1. The summed E-state index contributed by atoms with van der Waals surface area (Å²) in [6.45, 7) is 8.70. The lowest BCUT2D eigenvalue weighted by Gasteiger charge is -2.21. The van der Waals surface area contributed by atoms with Gasteiger partial charge in [-0.05, 0) is 32.0 Å². The number of hydrogen-bond acceptors (Lipinski definition) is 2. The molecule has 1 amide bonds. The predicted octanol–water partition coefficient (Wildman–Crippen LogP) is 3.80. The summed E-state index contributed by atoms with van der Waals surface area (Å²) in [4.78, 5) is 13.6. The van der Waals surface area contributed by atoms with E-state index in [9.17, 15) is 4.79 Å². The topological polar surface area (TPSA) is 29.5 Å². The normalized spacial score (nSPS) is 10.1. The van der Waals surface area contributed by atoms with Crippen molar-refractivity contribution in [2.75, 3.05) is 19.7 Å². The van der Waals surface area contributed by atoms with Gasteiger partial charge in [-0.1, -0.05) is 35.4 Å². The Morgan fingerprint density at radius 1 is 1.32 bits per heavy atom. The van der Waals surface area contributed by atoms with Crippen LogP contribution in [0.1, 0.15) is 13.8 Å². The Morgan fingerprint density at radius 2 is 1.89 bits per heavy atom. The standard InChI is InChI=1S/C14H17Cl2NO2/c1-4-17(8-10(2)3)14(18)9-19-13-6-11(15)5-12(16)7-13/h5-7H,2,4,8-9H2,1,3H3. The van der Waals surface area contributed by atoms with Crippen LogP contribution in [0.15, 0.2) is 30.4 Å². The number of nitrogens with zero attached hydrogens (tertiary/aromatic N) is 1. The van der Waals surface area contributed by atoms with Gasteiger partial charge >= 0.3 is 0 Å². The second kappa shape index (κ2) is 7.41. The maximum atomic E-state index is 11.9. The molecule has 0 fully saturated rings. The molecule has 1 rings (SSSR count). The Hall–Kier alpha value is -1.19. The van der Waals surface area contributed by atoms with Crippen molar-refractivity contribution in [2.24, 2.45) is 0 Å². The molecule has 0 bridgehead atoms. The summed E-state index contributed by atoms with van der Waals surface area (Å²) < 4.78 is 5.40. The van der Waals surface area contributed by atoms with Crippen LogP contribution in [0.25, 0.3) is 0 Å². The van der Waals surface area contributed by atoms with E-state index in [1.54, 1.807) is 23.1 Å². The van der Waals surface area contributed by atoms with Crippen molar-refractivity contribution in [3.05, 3.63) is 40.4 Å². The highest BCUT2D eigenvalue weighted by Gasteiger charge is 2.12. The molecule has 1 aromatic carbocycles. The largest absolute Gasteiger partial charge is 0.484 e. The van der Waals surface area contributed by atoms with E-state index >= 15 is 0 Å². The molecule has 0 N–H and O–H groups in total. The molecule has 19 heavy (non-hydrogen) atoms. The molecular weight excluding hydrogens is 285 g/mol. The summed E-state index contributed by atoms with van der Waals surface area (Å²) in [7, 11) is 0. The maximum absolute atomic E-state index is 11.9. The van der Waals surface area contributed by atoms with E-state index < -0.39 is 0 Å². The van der Waals surface area contributed by atoms with Crippen molar-refractivity contribution in [1.29, 1.82) is 0 Å². The maximum Gasteiger partial charge on any atom is 0.260 e. The summed E-state index contributed by atoms with van der Waals surface area (Å²) in [6, 6.07) is 4.85. The second-order valence-electron chi connectivity index (χ2n) is 4.26. The number of benzene rings is 1. The van der Waals surface area contributed by atoms with Gasteiger partial charge in [0.25, 0.3) is 5.91 Å². The number of amides is 1. The van der Waals surface area contributed by atoms with Gasteiger partial charge in [-0.15, -0.1) is 0 Å². The lowest BCUT2D eigenvalue weighted by atomic mass is 10.3. The van der Waals surface area contributed by atoms with Gasteiger partial charge in [0.2, 0.25) is 0 Å². The molecule has 0 aliphatic heterocycles. The Labute approximate surface area is 123 Å². The fraction of sp³-hybridized carbons (Fsp3) is 0.357. The monoisotopic (exact) mass is 301 g/mol. The smallest absolute Gasteiger partial charge is 0.260 e. The van der Waals surface area contributed by atoms with Crippen molar-refractivity contribution in [3.63, 3.8) is 0 Å². The molecule has 0 radical (unpaired) electrons. The number of carbonyl (C=O) groups excluding carboxylic acids is 1. The first-order valence-electron chi connectivity index (χ1n) is 5.93. The average molecular weight is 302 g/mol.